The van der Waals surface area contributed by atoms with Gasteiger partial charge in [0.2, 0.25) is 0 Å². The normalized spacial score (nSPS) is 15.2. The maximum Gasteiger partial charge on any atom is 0.141 e. The lowest BCUT2D eigenvalue weighted by molar-refractivity contribution is 0.395. The molecule has 1 fully saturated rings. The number of hydrogen-bond acceptors (Lipinski definition) is 5. The SMILES string of the molecule is CNC1CCN(c2ccn3cc(-c4cc(Cl)c(OC)cc4OC)nc3c2)CC1. The number of methoxy groups -OCH3 is 2. The molecule has 0 amide bonds. The number of piperidine rings is 1. The molecule has 1 aliphatic rings. The number of pyridine rings is 1. The summed E-state index contributed by atoms with van der Waals surface area (Å²) < 4.78 is 12.8. The molecule has 0 spiro atoms. The molecule has 2 aromatic heterocycles. The summed E-state index contributed by atoms with van der Waals surface area (Å²) in [6, 6.07) is 8.53. The van der Waals surface area contributed by atoms with E-state index in [-0.39, 0.29) is 0 Å². The first-order chi connectivity index (χ1) is 13.6. The third kappa shape index (κ3) is 3.50. The van der Waals surface area contributed by atoms with E-state index in [1.807, 2.05) is 23.7 Å². The first-order valence-electron chi connectivity index (χ1n) is 9.45. The van der Waals surface area contributed by atoms with Crippen molar-refractivity contribution < 1.29 is 9.47 Å². The maximum absolute atomic E-state index is 6.33. The zero-order valence-electron chi connectivity index (χ0n) is 16.4. The Balaban J connectivity index is 1.67. The molecule has 28 heavy (non-hydrogen) atoms. The number of halogens is 1. The zero-order valence-corrected chi connectivity index (χ0v) is 17.2. The van der Waals surface area contributed by atoms with Crippen LogP contribution in [0.1, 0.15) is 12.8 Å². The number of benzene rings is 1. The monoisotopic (exact) mass is 400 g/mol. The van der Waals surface area contributed by atoms with Crippen molar-refractivity contribution in [2.45, 2.75) is 18.9 Å². The molecule has 0 unspecified atom stereocenters. The number of nitrogens with zero attached hydrogens (tertiary/aromatic N) is 3. The van der Waals surface area contributed by atoms with Gasteiger partial charge in [0.15, 0.2) is 0 Å². The van der Waals surface area contributed by atoms with Crippen LogP contribution in [0.3, 0.4) is 0 Å². The van der Waals surface area contributed by atoms with Crippen LogP contribution in [0.15, 0.2) is 36.7 Å². The van der Waals surface area contributed by atoms with Crippen molar-refractivity contribution in [2.24, 2.45) is 0 Å². The number of anilines is 1. The molecule has 1 aliphatic heterocycles. The topological polar surface area (TPSA) is 51.0 Å². The van der Waals surface area contributed by atoms with E-state index in [1.165, 1.54) is 5.69 Å². The maximum atomic E-state index is 6.33. The minimum Gasteiger partial charge on any atom is -0.496 e. The summed E-state index contributed by atoms with van der Waals surface area (Å²) in [5.41, 5.74) is 3.76. The Bertz CT molecular complexity index is 980. The largest absolute Gasteiger partial charge is 0.496 e. The molecule has 1 N–H and O–H groups in total. The molecule has 3 heterocycles. The standard InChI is InChI=1S/C21H25ClN4O2/c1-23-14-4-7-25(8-5-14)15-6-9-26-13-18(24-21(26)10-15)16-11-17(22)20(28-3)12-19(16)27-2/h6,9-14,23H,4-5,7-8H2,1-3H3. The molecule has 0 saturated carbocycles. The zero-order chi connectivity index (χ0) is 19.7. The number of rotatable bonds is 5. The van der Waals surface area contributed by atoms with Crippen molar-refractivity contribution in [3.8, 4) is 22.8 Å². The Morgan fingerprint density at radius 1 is 1.11 bits per heavy atom. The van der Waals surface area contributed by atoms with E-state index in [9.17, 15) is 0 Å². The van der Waals surface area contributed by atoms with E-state index < -0.39 is 0 Å². The van der Waals surface area contributed by atoms with Crippen LogP contribution >= 0.6 is 11.6 Å². The quantitative estimate of drug-likeness (QED) is 0.704. The Morgan fingerprint density at radius 3 is 2.54 bits per heavy atom. The predicted molar refractivity (Wildman–Crippen MR) is 113 cm³/mol. The van der Waals surface area contributed by atoms with Gasteiger partial charge in [0.25, 0.3) is 0 Å². The number of imidazole rings is 1. The Morgan fingerprint density at radius 2 is 1.86 bits per heavy atom. The summed E-state index contributed by atoms with van der Waals surface area (Å²) in [5.74, 6) is 1.26. The summed E-state index contributed by atoms with van der Waals surface area (Å²) in [7, 11) is 5.26. The predicted octanol–water partition coefficient (Wildman–Crippen LogP) is 3.86. The van der Waals surface area contributed by atoms with Gasteiger partial charge in [-0.1, -0.05) is 11.6 Å². The summed E-state index contributed by atoms with van der Waals surface area (Å²) in [6.07, 6.45) is 6.36. The summed E-state index contributed by atoms with van der Waals surface area (Å²) >= 11 is 6.33. The molecule has 0 radical (unpaired) electrons. The van der Waals surface area contributed by atoms with Crippen molar-refractivity contribution >= 4 is 22.9 Å². The third-order valence-electron chi connectivity index (χ3n) is 5.46. The molecule has 1 saturated heterocycles. The van der Waals surface area contributed by atoms with Crippen LogP contribution < -0.4 is 19.7 Å². The van der Waals surface area contributed by atoms with Gasteiger partial charge in [0.05, 0.1) is 24.9 Å². The lowest BCUT2D eigenvalue weighted by Crippen LogP contribution is -2.41. The number of nitrogens with one attached hydrogen (secondary N) is 1. The summed E-state index contributed by atoms with van der Waals surface area (Å²) in [4.78, 5) is 7.24. The number of ether oxygens (including phenoxy) is 2. The Kier molecular flexibility index (Phi) is 5.33. The number of aromatic nitrogens is 2. The average Bonchev–Trinajstić information content (AvgIpc) is 3.16. The highest BCUT2D eigenvalue weighted by Crippen LogP contribution is 2.38. The van der Waals surface area contributed by atoms with Gasteiger partial charge < -0.3 is 24.1 Å². The fourth-order valence-electron chi connectivity index (χ4n) is 3.78. The van der Waals surface area contributed by atoms with Crippen molar-refractivity contribution in [3.63, 3.8) is 0 Å². The van der Waals surface area contributed by atoms with E-state index in [0.29, 0.717) is 22.6 Å². The van der Waals surface area contributed by atoms with Gasteiger partial charge in [-0.05, 0) is 32.0 Å². The molecule has 1 aromatic carbocycles. The van der Waals surface area contributed by atoms with Crippen LogP contribution in [0, 0.1) is 0 Å². The molecule has 0 aliphatic carbocycles. The molecule has 148 valence electrons. The second-order valence-electron chi connectivity index (χ2n) is 7.01. The highest BCUT2D eigenvalue weighted by atomic mass is 35.5. The van der Waals surface area contributed by atoms with E-state index in [1.54, 1.807) is 20.3 Å². The van der Waals surface area contributed by atoms with Crippen molar-refractivity contribution in [1.29, 1.82) is 0 Å². The van der Waals surface area contributed by atoms with Gasteiger partial charge in [0, 0.05) is 54.9 Å². The van der Waals surface area contributed by atoms with Crippen LogP contribution in [0.4, 0.5) is 5.69 Å². The number of hydrogen-bond donors (Lipinski definition) is 1. The lowest BCUT2D eigenvalue weighted by atomic mass is 10.0. The van der Waals surface area contributed by atoms with Gasteiger partial charge in [-0.15, -0.1) is 0 Å². The van der Waals surface area contributed by atoms with Gasteiger partial charge in [-0.2, -0.15) is 0 Å². The van der Waals surface area contributed by atoms with Crippen LogP contribution in [-0.4, -0.2) is 49.8 Å². The van der Waals surface area contributed by atoms with E-state index in [2.05, 4.69) is 28.5 Å². The van der Waals surface area contributed by atoms with Crippen LogP contribution in [0.25, 0.3) is 16.9 Å². The molecule has 4 rings (SSSR count). The average molecular weight is 401 g/mol. The van der Waals surface area contributed by atoms with Gasteiger partial charge in [-0.25, -0.2) is 4.98 Å². The second-order valence-corrected chi connectivity index (χ2v) is 7.42. The van der Waals surface area contributed by atoms with Crippen molar-refractivity contribution in [3.05, 3.63) is 41.7 Å². The Hall–Kier alpha value is -2.44. The fraction of sp³-hybridized carbons (Fsp3) is 0.381. The summed E-state index contributed by atoms with van der Waals surface area (Å²) in [5, 5.41) is 3.91. The molecular weight excluding hydrogens is 376 g/mol. The fourth-order valence-corrected chi connectivity index (χ4v) is 4.03. The number of fused-ring (bicyclic) bond motifs is 1. The van der Waals surface area contributed by atoms with Crippen LogP contribution in [0.5, 0.6) is 11.5 Å². The second kappa shape index (κ2) is 7.89. The molecule has 0 bridgehead atoms. The molecule has 0 atom stereocenters. The van der Waals surface area contributed by atoms with Crippen LogP contribution in [-0.2, 0) is 0 Å². The van der Waals surface area contributed by atoms with E-state index >= 15 is 0 Å². The van der Waals surface area contributed by atoms with Gasteiger partial charge >= 0.3 is 0 Å². The molecule has 6 nitrogen and oxygen atoms in total. The minimum absolute atomic E-state index is 0.531. The summed E-state index contributed by atoms with van der Waals surface area (Å²) in [6.45, 7) is 2.11. The van der Waals surface area contributed by atoms with Crippen LogP contribution in [0.2, 0.25) is 5.02 Å². The smallest absolute Gasteiger partial charge is 0.141 e. The highest BCUT2D eigenvalue weighted by molar-refractivity contribution is 6.32. The van der Waals surface area contributed by atoms with Crippen molar-refractivity contribution in [2.75, 3.05) is 39.3 Å². The first kappa shape index (κ1) is 18.9. The van der Waals surface area contributed by atoms with Gasteiger partial charge in [-0.3, -0.25) is 0 Å². The first-order valence-corrected chi connectivity index (χ1v) is 9.83. The lowest BCUT2D eigenvalue weighted by Gasteiger charge is -2.33. The Labute approximate surface area is 170 Å². The molecular formula is C21H25ClN4O2. The van der Waals surface area contributed by atoms with E-state index in [0.717, 1.165) is 42.8 Å². The molecule has 7 heteroatoms. The minimum atomic E-state index is 0.531. The van der Waals surface area contributed by atoms with Crippen molar-refractivity contribution in [1.82, 2.24) is 14.7 Å². The highest BCUT2D eigenvalue weighted by Gasteiger charge is 2.19. The van der Waals surface area contributed by atoms with Gasteiger partial charge in [0.1, 0.15) is 17.1 Å². The molecule has 3 aromatic rings. The third-order valence-corrected chi connectivity index (χ3v) is 5.76. The van der Waals surface area contributed by atoms with E-state index in [4.69, 9.17) is 26.1 Å².